The highest BCUT2D eigenvalue weighted by molar-refractivity contribution is 5.88. The van der Waals surface area contributed by atoms with Gasteiger partial charge in [-0.3, -0.25) is 24.5 Å². The summed E-state index contributed by atoms with van der Waals surface area (Å²) in [6.07, 6.45) is -4.07. The molecule has 0 unspecified atom stereocenters. The number of hydrogen-bond donors (Lipinski definition) is 1. The van der Waals surface area contributed by atoms with Crippen molar-refractivity contribution in [3.8, 4) is 22.5 Å². The summed E-state index contributed by atoms with van der Waals surface area (Å²) >= 11 is 0. The molecule has 0 aromatic carbocycles. The van der Waals surface area contributed by atoms with E-state index in [0.29, 0.717) is 34.5 Å². The third-order valence-corrected chi connectivity index (χ3v) is 9.95. The van der Waals surface area contributed by atoms with E-state index in [1.165, 1.54) is 17.3 Å². The summed E-state index contributed by atoms with van der Waals surface area (Å²) in [6.45, 7) is 8.33. The average Bonchev–Trinajstić information content (AvgIpc) is 3.71. The number of carbonyl (C=O) groups excluding carboxylic acids is 3. The molecule has 12 nitrogen and oxygen atoms in total. The lowest BCUT2D eigenvalue weighted by atomic mass is 10.0. The number of carbonyl (C=O) groups is 3. The van der Waals surface area contributed by atoms with E-state index in [-0.39, 0.29) is 62.1 Å². The Kier molecular flexibility index (Phi) is 16.2. The number of nitrogens with zero attached hydrogens (tertiary/aromatic N) is 7. The number of Topliss-reactive ketones (excluding diaryl/α,β-unsaturated/α-hetero) is 2. The lowest BCUT2D eigenvalue weighted by molar-refractivity contribution is -0.145. The number of likely N-dealkylation sites (tertiary alicyclic amines) is 1. The average molecular weight is 901 g/mol. The highest BCUT2D eigenvalue weighted by Gasteiger charge is 2.46. The maximum atomic E-state index is 14.4. The molecule has 4 aromatic heterocycles. The van der Waals surface area contributed by atoms with Crippen molar-refractivity contribution in [2.45, 2.75) is 128 Å². The van der Waals surface area contributed by atoms with Crippen molar-refractivity contribution in [3.05, 3.63) is 84.2 Å². The summed E-state index contributed by atoms with van der Waals surface area (Å²) in [7, 11) is 0. The molecule has 2 saturated heterocycles. The van der Waals surface area contributed by atoms with Crippen molar-refractivity contribution in [3.63, 3.8) is 0 Å². The number of ether oxygens (including phenoxy) is 1. The van der Waals surface area contributed by atoms with Gasteiger partial charge in [0.05, 0.1) is 29.5 Å². The zero-order valence-corrected chi connectivity index (χ0v) is 35.0. The monoisotopic (exact) mass is 900 g/mol. The van der Waals surface area contributed by atoms with E-state index < -0.39 is 66.2 Å². The van der Waals surface area contributed by atoms with Gasteiger partial charge >= 0.3 is 18.4 Å². The number of aryl methyl sites for hydroxylation is 2. The Morgan fingerprint density at radius 1 is 0.710 bits per heavy atom. The van der Waals surface area contributed by atoms with E-state index in [2.05, 4.69) is 35.2 Å². The summed E-state index contributed by atoms with van der Waals surface area (Å²) < 4.78 is 109. The molecule has 0 spiro atoms. The zero-order valence-electron chi connectivity index (χ0n) is 34.2. The minimum absolute atomic E-state index is 0. The quantitative estimate of drug-likeness (QED) is 0.153. The number of amides is 1. The molecule has 4 aromatic rings. The van der Waals surface area contributed by atoms with E-state index in [9.17, 15) is 49.5 Å². The summed E-state index contributed by atoms with van der Waals surface area (Å²) in [5.41, 5.74) is 2.14. The van der Waals surface area contributed by atoms with E-state index in [4.69, 9.17) is 4.74 Å². The SMILES string of the molecule is C[C@@H]1N[C@H](C(=O)CCc2ccnc(-c3cnc(C(F)(F)F)nc3)c2)C[C@H]1F.C[C@H]1[C@H](F)C[C@@H](C(=O)CCc2ccnc(-c3cnc(C(F)(F)F)nc3)c2)N1C(=O)OC(C)(C)C.Cl. The normalized spacial score (nSPS) is 21.4. The molecule has 1 amide bonds. The number of halogens is 9. The van der Waals surface area contributed by atoms with Gasteiger partial charge in [-0.2, -0.15) is 26.3 Å². The fourth-order valence-electron chi connectivity index (χ4n) is 6.68. The predicted octanol–water partition coefficient (Wildman–Crippen LogP) is 8.36. The fourth-order valence-corrected chi connectivity index (χ4v) is 6.68. The maximum Gasteiger partial charge on any atom is 0.451 e. The van der Waals surface area contributed by atoms with Crippen molar-refractivity contribution in [2.24, 2.45) is 0 Å². The largest absolute Gasteiger partial charge is 0.451 e. The molecular weight excluding hydrogens is 856 g/mol. The Balaban J connectivity index is 0.000000275. The number of ketones is 2. The van der Waals surface area contributed by atoms with Crippen LogP contribution in [0.25, 0.3) is 22.5 Å². The van der Waals surface area contributed by atoms with E-state index in [0.717, 1.165) is 30.4 Å². The topological polar surface area (TPSA) is 153 Å². The molecule has 1 N–H and O–H groups in total. The highest BCUT2D eigenvalue weighted by Crippen LogP contribution is 2.32. The molecule has 2 fully saturated rings. The van der Waals surface area contributed by atoms with Gasteiger partial charge in [-0.1, -0.05) is 0 Å². The second-order valence-electron chi connectivity index (χ2n) is 15.8. The number of rotatable bonds is 10. The lowest BCUT2D eigenvalue weighted by Crippen LogP contribution is -2.47. The van der Waals surface area contributed by atoms with Crippen molar-refractivity contribution >= 4 is 30.1 Å². The number of alkyl halides is 8. The molecule has 21 heteroatoms. The molecule has 2 aliphatic heterocycles. The minimum Gasteiger partial charge on any atom is -0.444 e. The van der Waals surface area contributed by atoms with Gasteiger partial charge in [-0.15, -0.1) is 12.4 Å². The Bertz CT molecular complexity index is 2150. The maximum absolute atomic E-state index is 14.4. The van der Waals surface area contributed by atoms with Gasteiger partial charge in [0.1, 0.15) is 23.7 Å². The van der Waals surface area contributed by atoms with Gasteiger partial charge in [0.25, 0.3) is 0 Å². The van der Waals surface area contributed by atoms with Crippen LogP contribution in [0.3, 0.4) is 0 Å². The van der Waals surface area contributed by atoms with Crippen LogP contribution in [-0.4, -0.2) is 94.6 Å². The van der Waals surface area contributed by atoms with E-state index in [1.807, 2.05) is 0 Å². The van der Waals surface area contributed by atoms with Crippen LogP contribution < -0.4 is 5.32 Å². The van der Waals surface area contributed by atoms with Crippen LogP contribution in [0, 0.1) is 0 Å². The zero-order chi connectivity index (χ0) is 44.9. The first kappa shape index (κ1) is 49.4. The van der Waals surface area contributed by atoms with E-state index in [1.54, 1.807) is 58.9 Å². The number of aromatic nitrogens is 6. The Labute approximate surface area is 358 Å². The molecule has 0 bridgehead atoms. The summed E-state index contributed by atoms with van der Waals surface area (Å²) in [5.74, 6) is -2.81. The minimum atomic E-state index is -4.64. The van der Waals surface area contributed by atoms with Crippen LogP contribution in [-0.2, 0) is 39.5 Å². The Morgan fingerprint density at radius 2 is 1.16 bits per heavy atom. The standard InChI is InChI=1S/C23H26F4N4O3.C18H18F4N4O.ClH/c1-13-16(24)10-18(31(13)21(33)34-22(2,3)4)19(32)6-5-14-7-8-28-17(9-14)15-11-29-20(30-12-15)23(25,26)27;1-10-13(19)7-15(26-10)16(27)3-2-11-4-5-23-14(6-11)12-8-24-17(25-9-12)18(20,21)22;/h7-9,11-13,16,18H,5-6,10H2,1-4H3;4-6,8-10,13,15,26H,2-3,7H2,1H3;1H/t13-,16+,18-;10-,13+,15-;/m00./s1. The third kappa shape index (κ3) is 13.1. The van der Waals surface area contributed by atoms with Crippen LogP contribution in [0.4, 0.5) is 39.9 Å². The fraction of sp³-hybridized carbons (Fsp3) is 0.488. The molecular formula is C41H45ClF8N8O4. The first-order valence-corrected chi connectivity index (χ1v) is 19.3. The van der Waals surface area contributed by atoms with Crippen molar-refractivity contribution < 1.29 is 54.2 Å². The summed E-state index contributed by atoms with van der Waals surface area (Å²) in [4.78, 5) is 60.5. The van der Waals surface area contributed by atoms with Crippen LogP contribution >= 0.6 is 12.4 Å². The molecule has 0 aliphatic carbocycles. The summed E-state index contributed by atoms with van der Waals surface area (Å²) in [5, 5.41) is 2.95. The smallest absolute Gasteiger partial charge is 0.444 e. The second kappa shape index (κ2) is 20.3. The van der Waals surface area contributed by atoms with Crippen LogP contribution in [0.5, 0.6) is 0 Å². The van der Waals surface area contributed by atoms with Gasteiger partial charge in [0.2, 0.25) is 11.6 Å². The molecule has 336 valence electrons. The van der Waals surface area contributed by atoms with Crippen molar-refractivity contribution in [1.82, 2.24) is 40.1 Å². The first-order valence-electron chi connectivity index (χ1n) is 19.3. The molecule has 62 heavy (non-hydrogen) atoms. The Hall–Kier alpha value is -5.24. The molecule has 0 saturated carbocycles. The molecule has 2 aliphatic rings. The van der Waals surface area contributed by atoms with Crippen LogP contribution in [0.2, 0.25) is 0 Å². The van der Waals surface area contributed by atoms with Gasteiger partial charge in [-0.05, 0) is 82.9 Å². The number of hydrogen-bond acceptors (Lipinski definition) is 11. The Morgan fingerprint density at radius 3 is 1.56 bits per heavy atom. The summed E-state index contributed by atoms with van der Waals surface area (Å²) in [6, 6.07) is 4.20. The molecule has 6 atom stereocenters. The van der Waals surface area contributed by atoms with Gasteiger partial charge in [0, 0.05) is 80.0 Å². The van der Waals surface area contributed by atoms with Gasteiger partial charge in [0.15, 0.2) is 5.78 Å². The number of pyridine rings is 2. The van der Waals surface area contributed by atoms with Crippen molar-refractivity contribution in [2.75, 3.05) is 0 Å². The van der Waals surface area contributed by atoms with E-state index >= 15 is 0 Å². The van der Waals surface area contributed by atoms with Gasteiger partial charge < -0.3 is 10.1 Å². The second-order valence-corrected chi connectivity index (χ2v) is 15.8. The lowest BCUT2D eigenvalue weighted by Gasteiger charge is -2.30. The highest BCUT2D eigenvalue weighted by atomic mass is 35.5. The van der Waals surface area contributed by atoms with Crippen LogP contribution in [0.15, 0.2) is 61.4 Å². The van der Waals surface area contributed by atoms with Gasteiger partial charge in [-0.25, -0.2) is 33.5 Å². The molecule has 0 radical (unpaired) electrons. The molecule has 6 heterocycles. The predicted molar refractivity (Wildman–Crippen MR) is 211 cm³/mol. The first-order chi connectivity index (χ1) is 28.5. The molecule has 6 rings (SSSR count). The van der Waals surface area contributed by atoms with Crippen LogP contribution in [0.1, 0.15) is 83.1 Å². The third-order valence-electron chi connectivity index (χ3n) is 9.95. The van der Waals surface area contributed by atoms with Crippen molar-refractivity contribution in [1.29, 1.82) is 0 Å². The number of nitrogens with one attached hydrogen (secondary N) is 1.